The van der Waals surface area contributed by atoms with Crippen LogP contribution in [0.3, 0.4) is 0 Å². The highest BCUT2D eigenvalue weighted by Gasteiger charge is 2.29. The molecule has 0 bridgehead atoms. The van der Waals surface area contributed by atoms with Crippen LogP contribution in [0.4, 0.5) is 5.69 Å². The summed E-state index contributed by atoms with van der Waals surface area (Å²) in [6.07, 6.45) is 1.23. The van der Waals surface area contributed by atoms with Crippen LogP contribution in [0.2, 0.25) is 0 Å². The number of esters is 1. The molecule has 0 amide bonds. The van der Waals surface area contributed by atoms with E-state index in [2.05, 4.69) is 9.84 Å². The van der Waals surface area contributed by atoms with Gasteiger partial charge in [-0.25, -0.2) is 4.79 Å². The van der Waals surface area contributed by atoms with Crippen molar-refractivity contribution in [3.8, 4) is 0 Å². The van der Waals surface area contributed by atoms with Crippen molar-refractivity contribution in [3.05, 3.63) is 22.0 Å². The molecule has 0 N–H and O–H groups in total. The molecular formula is C9H13N3O4. The average Bonchev–Trinajstić information content (AvgIpc) is 2.60. The Labute approximate surface area is 92.2 Å². The van der Waals surface area contributed by atoms with E-state index in [0.29, 0.717) is 0 Å². The van der Waals surface area contributed by atoms with Crippen LogP contribution in [-0.4, -0.2) is 27.8 Å². The normalized spacial score (nSPS) is 11.2. The summed E-state index contributed by atoms with van der Waals surface area (Å²) in [6, 6.07) is 0. The number of methoxy groups -OCH3 is 1. The van der Waals surface area contributed by atoms with Gasteiger partial charge < -0.3 is 4.74 Å². The van der Waals surface area contributed by atoms with Crippen molar-refractivity contribution in [2.45, 2.75) is 26.3 Å². The van der Waals surface area contributed by atoms with Crippen molar-refractivity contribution < 1.29 is 14.5 Å². The highest BCUT2D eigenvalue weighted by molar-refractivity contribution is 5.91. The maximum Gasteiger partial charge on any atom is 0.365 e. The quantitative estimate of drug-likeness (QED) is 0.432. The fraction of sp³-hybridized carbons (Fsp3) is 0.556. The van der Waals surface area contributed by atoms with Gasteiger partial charge in [-0.2, -0.15) is 5.10 Å². The van der Waals surface area contributed by atoms with Gasteiger partial charge in [0.05, 0.1) is 17.6 Å². The summed E-state index contributed by atoms with van der Waals surface area (Å²) in [5.41, 5.74) is -1.05. The van der Waals surface area contributed by atoms with E-state index in [-0.39, 0.29) is 11.4 Å². The van der Waals surface area contributed by atoms with Crippen molar-refractivity contribution in [2.75, 3.05) is 7.11 Å². The molecule has 16 heavy (non-hydrogen) atoms. The molecule has 7 nitrogen and oxygen atoms in total. The minimum Gasteiger partial charge on any atom is -0.464 e. The predicted octanol–water partition coefficient (Wildman–Crippen LogP) is 1.33. The molecule has 88 valence electrons. The third kappa shape index (κ3) is 2.18. The van der Waals surface area contributed by atoms with Crippen LogP contribution >= 0.6 is 0 Å². The first-order valence-corrected chi connectivity index (χ1v) is 4.60. The molecule has 0 spiro atoms. The fourth-order valence-corrected chi connectivity index (χ4v) is 1.08. The van der Waals surface area contributed by atoms with Crippen molar-refractivity contribution in [1.82, 2.24) is 9.78 Å². The molecule has 0 aliphatic heterocycles. The standard InChI is InChI=1S/C9H13N3O4/c1-9(2,3)11-5-6(12(14)15)7(10-11)8(13)16-4/h5H,1-4H3. The van der Waals surface area contributed by atoms with Crippen molar-refractivity contribution in [3.63, 3.8) is 0 Å². The molecule has 0 aromatic carbocycles. The Kier molecular flexibility index (Phi) is 2.97. The number of hydrogen-bond acceptors (Lipinski definition) is 5. The van der Waals surface area contributed by atoms with Crippen LogP contribution in [0.15, 0.2) is 6.20 Å². The van der Waals surface area contributed by atoms with Gasteiger partial charge in [0.1, 0.15) is 6.20 Å². The van der Waals surface area contributed by atoms with Crippen LogP contribution in [0, 0.1) is 10.1 Å². The Morgan fingerprint density at radius 3 is 2.50 bits per heavy atom. The maximum absolute atomic E-state index is 11.3. The second-order valence-electron chi connectivity index (χ2n) is 4.23. The zero-order valence-corrected chi connectivity index (χ0v) is 9.55. The lowest BCUT2D eigenvalue weighted by atomic mass is 10.1. The van der Waals surface area contributed by atoms with Crippen molar-refractivity contribution >= 4 is 11.7 Å². The molecule has 0 saturated carbocycles. The Hall–Kier alpha value is -1.92. The zero-order chi connectivity index (χ0) is 12.5. The molecule has 1 rings (SSSR count). The molecule has 7 heteroatoms. The second-order valence-corrected chi connectivity index (χ2v) is 4.23. The van der Waals surface area contributed by atoms with E-state index in [9.17, 15) is 14.9 Å². The predicted molar refractivity (Wildman–Crippen MR) is 55.2 cm³/mol. The third-order valence-electron chi connectivity index (χ3n) is 1.96. The number of carbonyl (C=O) groups is 1. The SMILES string of the molecule is COC(=O)c1nn(C(C)(C)C)cc1[N+](=O)[O-]. The van der Waals surface area contributed by atoms with E-state index in [4.69, 9.17) is 0 Å². The van der Waals surface area contributed by atoms with Gasteiger partial charge in [-0.15, -0.1) is 0 Å². The summed E-state index contributed by atoms with van der Waals surface area (Å²) < 4.78 is 5.81. The smallest absolute Gasteiger partial charge is 0.365 e. The van der Waals surface area contributed by atoms with Gasteiger partial charge in [0, 0.05) is 0 Å². The molecule has 1 heterocycles. The van der Waals surface area contributed by atoms with Gasteiger partial charge >= 0.3 is 11.7 Å². The number of nitro groups is 1. The van der Waals surface area contributed by atoms with Gasteiger partial charge in [-0.1, -0.05) is 0 Å². The Morgan fingerprint density at radius 2 is 2.12 bits per heavy atom. The lowest BCUT2D eigenvalue weighted by Crippen LogP contribution is -2.22. The zero-order valence-electron chi connectivity index (χ0n) is 9.55. The molecule has 0 aliphatic carbocycles. The third-order valence-corrected chi connectivity index (χ3v) is 1.96. The van der Waals surface area contributed by atoms with Gasteiger partial charge in [0.2, 0.25) is 5.69 Å². The molecule has 0 fully saturated rings. The van der Waals surface area contributed by atoms with Gasteiger partial charge in [-0.3, -0.25) is 14.8 Å². The summed E-state index contributed by atoms with van der Waals surface area (Å²) in [6.45, 7) is 5.47. The Balaban J connectivity index is 3.32. The molecular weight excluding hydrogens is 214 g/mol. The summed E-state index contributed by atoms with van der Waals surface area (Å²) in [5, 5.41) is 14.6. The van der Waals surface area contributed by atoms with Crippen LogP contribution in [0.5, 0.6) is 0 Å². The van der Waals surface area contributed by atoms with Crippen LogP contribution in [0.25, 0.3) is 0 Å². The van der Waals surface area contributed by atoms with Crippen LogP contribution in [-0.2, 0) is 10.3 Å². The Bertz CT molecular complexity index is 430. The molecule has 1 aromatic heterocycles. The van der Waals surface area contributed by atoms with Crippen LogP contribution < -0.4 is 0 Å². The lowest BCUT2D eigenvalue weighted by molar-refractivity contribution is -0.385. The van der Waals surface area contributed by atoms with E-state index in [1.54, 1.807) is 0 Å². The summed E-state index contributed by atoms with van der Waals surface area (Å²) in [5.74, 6) is -0.810. The van der Waals surface area contributed by atoms with Gasteiger partial charge in [0.25, 0.3) is 0 Å². The van der Waals surface area contributed by atoms with Crippen LogP contribution in [0.1, 0.15) is 31.3 Å². The molecule has 0 saturated heterocycles. The van der Waals surface area contributed by atoms with Crippen molar-refractivity contribution in [1.29, 1.82) is 0 Å². The number of rotatable bonds is 2. The average molecular weight is 227 g/mol. The molecule has 0 aliphatic rings. The van der Waals surface area contributed by atoms with Crippen molar-refractivity contribution in [2.24, 2.45) is 0 Å². The Morgan fingerprint density at radius 1 is 1.56 bits per heavy atom. The topological polar surface area (TPSA) is 87.3 Å². The van der Waals surface area contributed by atoms with E-state index in [1.165, 1.54) is 10.9 Å². The first-order valence-electron chi connectivity index (χ1n) is 4.60. The highest BCUT2D eigenvalue weighted by Crippen LogP contribution is 2.22. The molecule has 0 atom stereocenters. The monoisotopic (exact) mass is 227 g/mol. The number of nitrogens with zero attached hydrogens (tertiary/aromatic N) is 3. The largest absolute Gasteiger partial charge is 0.464 e. The maximum atomic E-state index is 11.3. The fourth-order valence-electron chi connectivity index (χ4n) is 1.08. The van der Waals surface area contributed by atoms with E-state index < -0.39 is 16.4 Å². The lowest BCUT2D eigenvalue weighted by Gasteiger charge is -2.18. The summed E-state index contributed by atoms with van der Waals surface area (Å²) in [7, 11) is 1.15. The van der Waals surface area contributed by atoms with E-state index in [1.807, 2.05) is 20.8 Å². The minimum atomic E-state index is -0.810. The highest BCUT2D eigenvalue weighted by atomic mass is 16.6. The van der Waals surface area contributed by atoms with E-state index >= 15 is 0 Å². The second kappa shape index (κ2) is 3.92. The minimum absolute atomic E-state index is 0.276. The van der Waals surface area contributed by atoms with Gasteiger partial charge in [0.15, 0.2) is 0 Å². The molecule has 1 aromatic rings. The summed E-state index contributed by atoms with van der Waals surface area (Å²) in [4.78, 5) is 21.4. The molecule has 0 unspecified atom stereocenters. The summed E-state index contributed by atoms with van der Waals surface area (Å²) >= 11 is 0. The number of hydrogen-bond donors (Lipinski definition) is 0. The first-order chi connectivity index (χ1) is 7.27. The number of carbonyl (C=O) groups excluding carboxylic acids is 1. The molecule has 0 radical (unpaired) electrons. The number of aromatic nitrogens is 2. The first kappa shape index (κ1) is 12.2. The van der Waals surface area contributed by atoms with Gasteiger partial charge in [-0.05, 0) is 20.8 Å². The number of ether oxygens (including phenoxy) is 1. The van der Waals surface area contributed by atoms with E-state index in [0.717, 1.165) is 7.11 Å².